The second-order valence-electron chi connectivity index (χ2n) is 7.12. The zero-order valence-corrected chi connectivity index (χ0v) is 20.2. The molecule has 3 aromatic rings. The van der Waals surface area contributed by atoms with Crippen LogP contribution in [0, 0.1) is 29.2 Å². The summed E-state index contributed by atoms with van der Waals surface area (Å²) in [5.41, 5.74) is 8.79. The number of phenolic OH excluding ortho intramolecular Hbond substituents is 1. The second-order valence-corrected chi connectivity index (χ2v) is 7.12. The van der Waals surface area contributed by atoms with Crippen LogP contribution in [0.4, 0.5) is 0 Å². The molecule has 0 saturated heterocycles. The van der Waals surface area contributed by atoms with Crippen LogP contribution < -0.4 is 0 Å². The van der Waals surface area contributed by atoms with E-state index in [2.05, 4.69) is 69.3 Å². The Morgan fingerprint density at radius 1 is 0.724 bits per heavy atom. The molecule has 1 nitrogen and oxygen atoms in total. The van der Waals surface area contributed by atoms with Gasteiger partial charge < -0.3 is 27.4 Å². The van der Waals surface area contributed by atoms with Crippen molar-refractivity contribution in [2.75, 3.05) is 0 Å². The molecule has 0 saturated carbocycles. The largest absolute Gasteiger partial charge is 3.00 e. The SMILES string of the molecule is CCC1(CC)c2ccccc2-c2ccc(-c3cc(C)ccc3O)cc21.[CH3-].[CH3-].[CH3-].[Ti+3]. The van der Waals surface area contributed by atoms with Crippen molar-refractivity contribution in [2.24, 2.45) is 0 Å². The third-order valence-corrected chi connectivity index (χ3v) is 5.94. The third kappa shape index (κ3) is 4.09. The Bertz CT molecular complexity index is 955. The van der Waals surface area contributed by atoms with Gasteiger partial charge in [0.05, 0.1) is 0 Å². The van der Waals surface area contributed by atoms with Gasteiger partial charge in [0, 0.05) is 11.0 Å². The summed E-state index contributed by atoms with van der Waals surface area (Å²) < 4.78 is 0. The molecule has 2 heteroatoms. The van der Waals surface area contributed by atoms with Crippen LogP contribution in [0.3, 0.4) is 0 Å². The molecular formula is C27H33OTi. The van der Waals surface area contributed by atoms with Gasteiger partial charge in [-0.05, 0) is 65.8 Å². The van der Waals surface area contributed by atoms with E-state index in [1.165, 1.54) is 22.3 Å². The quantitative estimate of drug-likeness (QED) is 0.338. The average molecular weight is 421 g/mol. The fourth-order valence-electron chi connectivity index (χ4n) is 4.52. The molecule has 1 radical (unpaired) electrons. The molecule has 0 heterocycles. The van der Waals surface area contributed by atoms with Gasteiger partial charge in [0.1, 0.15) is 5.75 Å². The molecule has 0 amide bonds. The fraction of sp³-hybridized carbons (Fsp3) is 0.222. The normalized spacial score (nSPS) is 12.2. The summed E-state index contributed by atoms with van der Waals surface area (Å²) in [6, 6.07) is 21.3. The standard InChI is InChI=1S/C24H24O.3CH3.Ti/c1-4-24(5-2)21-9-7-6-8-18(21)19-12-11-17(15-22(19)24)20-14-16(3)10-13-23(20)25;;;;/h6-15,25H,4-5H2,1-3H3;3*1H3;/q;3*-1;+3. The minimum absolute atomic E-state index is 0. The number of aromatic hydroxyl groups is 1. The topological polar surface area (TPSA) is 20.2 Å². The molecule has 3 aromatic carbocycles. The molecule has 0 atom stereocenters. The third-order valence-electron chi connectivity index (χ3n) is 5.94. The Morgan fingerprint density at radius 3 is 2.00 bits per heavy atom. The number of aryl methyl sites for hydroxylation is 1. The molecular weight excluding hydrogens is 388 g/mol. The first-order valence-electron chi connectivity index (χ1n) is 9.15. The molecule has 0 fully saturated rings. The molecule has 4 rings (SSSR count). The predicted octanol–water partition coefficient (Wildman–Crippen LogP) is 7.80. The first-order chi connectivity index (χ1) is 12.1. The average Bonchev–Trinajstić information content (AvgIpc) is 2.93. The Morgan fingerprint density at radius 2 is 1.34 bits per heavy atom. The number of fused-ring (bicyclic) bond motifs is 3. The van der Waals surface area contributed by atoms with Gasteiger partial charge in [0.2, 0.25) is 0 Å². The maximum atomic E-state index is 10.4. The minimum atomic E-state index is 0. The Labute approximate surface area is 193 Å². The molecule has 0 spiro atoms. The maximum absolute atomic E-state index is 10.4. The van der Waals surface area contributed by atoms with Gasteiger partial charge in [-0.25, -0.2) is 0 Å². The predicted molar refractivity (Wildman–Crippen MR) is 124 cm³/mol. The summed E-state index contributed by atoms with van der Waals surface area (Å²) in [6.07, 6.45) is 2.16. The molecule has 1 aliphatic carbocycles. The monoisotopic (exact) mass is 421 g/mol. The van der Waals surface area contributed by atoms with Crippen molar-refractivity contribution in [1.82, 2.24) is 0 Å². The van der Waals surface area contributed by atoms with Crippen LogP contribution in [0.1, 0.15) is 43.4 Å². The molecule has 1 aliphatic rings. The smallest absolute Gasteiger partial charge is 0.507 e. The van der Waals surface area contributed by atoms with Crippen molar-refractivity contribution in [3.05, 3.63) is 99.6 Å². The van der Waals surface area contributed by atoms with Gasteiger partial charge in [-0.3, -0.25) is 0 Å². The van der Waals surface area contributed by atoms with Crippen molar-refractivity contribution in [3.8, 4) is 28.0 Å². The van der Waals surface area contributed by atoms with E-state index in [0.29, 0.717) is 5.75 Å². The van der Waals surface area contributed by atoms with Gasteiger partial charge in [0.15, 0.2) is 0 Å². The van der Waals surface area contributed by atoms with E-state index in [-0.39, 0.29) is 49.4 Å². The molecule has 0 bridgehead atoms. The number of phenols is 1. The summed E-state index contributed by atoms with van der Waals surface area (Å²) in [6.45, 7) is 6.63. The molecule has 0 unspecified atom stereocenters. The van der Waals surface area contributed by atoms with E-state index >= 15 is 0 Å². The molecule has 0 aromatic heterocycles. The number of hydrogen-bond donors (Lipinski definition) is 1. The fourth-order valence-corrected chi connectivity index (χ4v) is 4.52. The Balaban J connectivity index is 0.00000196. The van der Waals surface area contributed by atoms with Crippen LogP contribution in [0.25, 0.3) is 22.3 Å². The summed E-state index contributed by atoms with van der Waals surface area (Å²) in [4.78, 5) is 0. The minimum Gasteiger partial charge on any atom is -0.507 e. The number of benzene rings is 3. The van der Waals surface area contributed by atoms with E-state index in [1.54, 1.807) is 6.07 Å². The van der Waals surface area contributed by atoms with Crippen molar-refractivity contribution in [3.63, 3.8) is 0 Å². The molecule has 29 heavy (non-hydrogen) atoms. The summed E-state index contributed by atoms with van der Waals surface area (Å²) in [7, 11) is 0. The molecule has 151 valence electrons. The summed E-state index contributed by atoms with van der Waals surface area (Å²) >= 11 is 0. The number of rotatable bonds is 3. The van der Waals surface area contributed by atoms with Gasteiger partial charge in [-0.2, -0.15) is 0 Å². The van der Waals surface area contributed by atoms with Gasteiger partial charge in [0.25, 0.3) is 0 Å². The summed E-state index contributed by atoms with van der Waals surface area (Å²) in [5, 5.41) is 10.4. The molecule has 1 N–H and O–H groups in total. The van der Waals surface area contributed by atoms with Gasteiger partial charge >= 0.3 is 21.7 Å². The van der Waals surface area contributed by atoms with Gasteiger partial charge in [-0.1, -0.05) is 61.9 Å². The van der Waals surface area contributed by atoms with E-state index in [1.807, 2.05) is 6.07 Å². The van der Waals surface area contributed by atoms with E-state index in [0.717, 1.165) is 29.5 Å². The Hall–Kier alpha value is -1.83. The van der Waals surface area contributed by atoms with Crippen LogP contribution in [-0.4, -0.2) is 5.11 Å². The zero-order valence-electron chi connectivity index (χ0n) is 18.6. The van der Waals surface area contributed by atoms with Crippen LogP contribution >= 0.6 is 0 Å². The van der Waals surface area contributed by atoms with Crippen molar-refractivity contribution in [1.29, 1.82) is 0 Å². The van der Waals surface area contributed by atoms with Crippen molar-refractivity contribution in [2.45, 2.75) is 39.0 Å². The first-order valence-corrected chi connectivity index (χ1v) is 9.15. The van der Waals surface area contributed by atoms with Crippen LogP contribution in [-0.2, 0) is 27.1 Å². The van der Waals surface area contributed by atoms with E-state index in [9.17, 15) is 5.11 Å². The zero-order chi connectivity index (χ0) is 17.6. The number of hydrogen-bond acceptors (Lipinski definition) is 1. The molecule has 0 aliphatic heterocycles. The first kappa shape index (κ1) is 27.2. The van der Waals surface area contributed by atoms with Crippen molar-refractivity contribution >= 4 is 0 Å². The Kier molecular flexibility index (Phi) is 9.63. The summed E-state index contributed by atoms with van der Waals surface area (Å²) in [5.74, 6) is 0.347. The van der Waals surface area contributed by atoms with Crippen LogP contribution in [0.15, 0.2) is 60.7 Å². The van der Waals surface area contributed by atoms with E-state index < -0.39 is 0 Å². The van der Waals surface area contributed by atoms with Gasteiger partial charge in [-0.15, -0.1) is 0 Å². The maximum Gasteiger partial charge on any atom is 3.00 e. The van der Waals surface area contributed by atoms with Crippen LogP contribution in [0.2, 0.25) is 0 Å². The second kappa shape index (κ2) is 10.3. The van der Waals surface area contributed by atoms with Crippen molar-refractivity contribution < 1.29 is 26.8 Å². The van der Waals surface area contributed by atoms with E-state index in [4.69, 9.17) is 0 Å². The van der Waals surface area contributed by atoms with Crippen LogP contribution in [0.5, 0.6) is 5.75 Å².